The van der Waals surface area contributed by atoms with Crippen molar-refractivity contribution in [3.05, 3.63) is 0 Å². The maximum absolute atomic E-state index is 11.8. The van der Waals surface area contributed by atoms with E-state index in [0.717, 1.165) is 54.4 Å². The van der Waals surface area contributed by atoms with Crippen LogP contribution in [-0.4, -0.2) is 40.0 Å². The van der Waals surface area contributed by atoms with Gasteiger partial charge in [-0.2, -0.15) is 0 Å². The molecule has 174 valence electrons. The summed E-state index contributed by atoms with van der Waals surface area (Å²) in [6.45, 7) is 21.2. The smallest absolute Gasteiger partial charge is 0.392 e. The van der Waals surface area contributed by atoms with Crippen molar-refractivity contribution in [2.75, 3.05) is 0 Å². The van der Waals surface area contributed by atoms with E-state index >= 15 is 0 Å². The molecule has 0 atom stereocenters. The molecule has 0 saturated carbocycles. The molecule has 0 saturated heterocycles. The molecule has 0 rings (SSSR count). The van der Waals surface area contributed by atoms with E-state index < -0.39 is 34.0 Å². The summed E-state index contributed by atoms with van der Waals surface area (Å²) in [5.74, 6) is -0.240. The molecule has 29 heavy (non-hydrogen) atoms. The number of hydrogen-bond acceptors (Lipinski definition) is 5. The zero-order chi connectivity index (χ0) is 22.8. The van der Waals surface area contributed by atoms with Crippen molar-refractivity contribution in [3.63, 3.8) is 0 Å². The van der Waals surface area contributed by atoms with Crippen LogP contribution >= 0.6 is 0 Å². The molecule has 0 spiro atoms. The van der Waals surface area contributed by atoms with Gasteiger partial charge in [-0.25, -0.2) is 0 Å². The summed E-state index contributed by atoms with van der Waals surface area (Å²) in [5.41, 5.74) is 0. The van der Waals surface area contributed by atoms with Crippen molar-refractivity contribution in [3.8, 4) is 0 Å². The van der Waals surface area contributed by atoms with Gasteiger partial charge in [0, 0.05) is 6.92 Å². The maximum atomic E-state index is 11.8. The first kappa shape index (κ1) is 29.2. The Morgan fingerprint density at radius 3 is 1.10 bits per heavy atom. The molecule has 0 aromatic rings. The van der Waals surface area contributed by atoms with Gasteiger partial charge in [-0.05, 0) is 54.4 Å². The number of carbonyl (C=O) groups excluding carboxylic acids is 1. The van der Waals surface area contributed by atoms with E-state index in [4.69, 9.17) is 16.8 Å². The van der Waals surface area contributed by atoms with Crippen molar-refractivity contribution in [1.29, 1.82) is 0 Å². The van der Waals surface area contributed by atoms with Crippen LogP contribution in [0.15, 0.2) is 0 Å². The second kappa shape index (κ2) is 12.9. The molecule has 9 heteroatoms. The van der Waals surface area contributed by atoms with Gasteiger partial charge in [0.15, 0.2) is 8.32 Å². The fraction of sp³-hybridized carbons (Fsp3) is 0.950. The number of hydrogen-bond donors (Lipinski definition) is 0. The van der Waals surface area contributed by atoms with Gasteiger partial charge in [0.05, 0.1) is 0 Å². The monoisotopic (exact) mass is 480 g/mol. The summed E-state index contributed by atoms with van der Waals surface area (Å²) in [5, 5.41) is 0. The first-order chi connectivity index (χ1) is 13.6. The van der Waals surface area contributed by atoms with E-state index in [-0.39, 0.29) is 5.97 Å². The van der Waals surface area contributed by atoms with Gasteiger partial charge in [-0.3, -0.25) is 4.79 Å². The minimum atomic E-state index is -2.63. The summed E-state index contributed by atoms with van der Waals surface area (Å²) < 4.78 is 27.0. The van der Waals surface area contributed by atoms with Crippen LogP contribution < -0.4 is 0 Å². The standard InChI is InChI=1S/C20H48O5Si4/c1-11-26(12-2,13-3)23-28(16-6,17-7)25-29(18-8,19-9)24-27(14-4,15-5)22-20(10)21/h11-19H2,1-10H3. The molecule has 0 aromatic carbocycles. The van der Waals surface area contributed by atoms with Crippen molar-refractivity contribution < 1.29 is 21.6 Å². The molecule has 0 aromatic heterocycles. The Bertz CT molecular complexity index is 465. The van der Waals surface area contributed by atoms with Crippen LogP contribution in [0, 0.1) is 0 Å². The van der Waals surface area contributed by atoms with E-state index in [1.807, 2.05) is 0 Å². The zero-order valence-corrected chi connectivity index (χ0v) is 24.9. The highest BCUT2D eigenvalue weighted by atomic mass is 28.5. The molecule has 0 aliphatic rings. The van der Waals surface area contributed by atoms with Crippen LogP contribution in [0.1, 0.15) is 69.2 Å². The lowest BCUT2D eigenvalue weighted by Gasteiger charge is -2.47. The van der Waals surface area contributed by atoms with E-state index in [1.54, 1.807) is 0 Å². The van der Waals surface area contributed by atoms with Crippen LogP contribution in [0.5, 0.6) is 0 Å². The third kappa shape index (κ3) is 7.69. The Kier molecular flexibility index (Phi) is 13.0. The quantitative estimate of drug-likeness (QED) is 0.221. The molecular formula is C20H48O5Si4. The minimum absolute atomic E-state index is 0.240. The first-order valence-corrected chi connectivity index (χ1v) is 21.1. The fourth-order valence-corrected chi connectivity index (χ4v) is 25.1. The summed E-state index contributed by atoms with van der Waals surface area (Å²) in [4.78, 5) is 11.8. The Hall–Kier alpha value is 0.218. The predicted octanol–water partition coefficient (Wildman–Crippen LogP) is 7.05. The maximum Gasteiger partial charge on any atom is 0.392 e. The van der Waals surface area contributed by atoms with Gasteiger partial charge in [0.2, 0.25) is 0 Å². The Balaban J connectivity index is 6.07. The molecular weight excluding hydrogens is 433 g/mol. The molecule has 0 unspecified atom stereocenters. The molecule has 0 radical (unpaired) electrons. The highest BCUT2D eigenvalue weighted by molar-refractivity contribution is 6.91. The van der Waals surface area contributed by atoms with Gasteiger partial charge >= 0.3 is 25.7 Å². The molecule has 0 amide bonds. The van der Waals surface area contributed by atoms with Crippen molar-refractivity contribution in [2.24, 2.45) is 0 Å². The van der Waals surface area contributed by atoms with Crippen LogP contribution in [0.4, 0.5) is 0 Å². The average Bonchev–Trinajstić information content (AvgIpc) is 2.75. The van der Waals surface area contributed by atoms with Crippen molar-refractivity contribution in [1.82, 2.24) is 0 Å². The molecule has 0 heterocycles. The highest BCUT2D eigenvalue weighted by Gasteiger charge is 2.53. The predicted molar refractivity (Wildman–Crippen MR) is 132 cm³/mol. The summed E-state index contributed by atoms with van der Waals surface area (Å²) in [7, 11) is -9.38. The topological polar surface area (TPSA) is 54.0 Å². The van der Waals surface area contributed by atoms with Gasteiger partial charge in [0.25, 0.3) is 5.97 Å². The molecule has 0 aliphatic carbocycles. The first-order valence-electron chi connectivity index (χ1n) is 11.9. The largest absolute Gasteiger partial charge is 0.495 e. The number of rotatable bonds is 16. The zero-order valence-electron chi connectivity index (χ0n) is 20.9. The van der Waals surface area contributed by atoms with Gasteiger partial charge in [-0.15, -0.1) is 0 Å². The van der Waals surface area contributed by atoms with Gasteiger partial charge < -0.3 is 16.8 Å². The normalized spacial score (nSPS) is 13.6. The lowest BCUT2D eigenvalue weighted by Crippen LogP contribution is -2.62. The summed E-state index contributed by atoms with van der Waals surface area (Å²) >= 11 is 0. The Morgan fingerprint density at radius 1 is 0.517 bits per heavy atom. The Morgan fingerprint density at radius 2 is 0.828 bits per heavy atom. The van der Waals surface area contributed by atoms with Crippen LogP contribution in [0.2, 0.25) is 54.4 Å². The molecule has 5 nitrogen and oxygen atoms in total. The van der Waals surface area contributed by atoms with Crippen LogP contribution in [0.3, 0.4) is 0 Å². The Labute approximate surface area is 185 Å². The van der Waals surface area contributed by atoms with E-state index in [9.17, 15) is 4.79 Å². The SMILES string of the molecule is CC[Si](CC)(CC)O[Si](CC)(CC)O[Si](CC)(CC)O[Si](CC)(CC)OC(C)=O. The molecule has 0 fully saturated rings. The molecule has 0 bridgehead atoms. The van der Waals surface area contributed by atoms with Crippen LogP contribution in [-0.2, 0) is 21.6 Å². The van der Waals surface area contributed by atoms with E-state index in [0.29, 0.717) is 0 Å². The fourth-order valence-electron chi connectivity index (χ4n) is 3.98. The average molecular weight is 481 g/mol. The molecule has 0 N–H and O–H groups in total. The lowest BCUT2D eigenvalue weighted by molar-refractivity contribution is -0.133. The summed E-state index contributed by atoms with van der Waals surface area (Å²) in [6, 6.07) is 8.49. The van der Waals surface area contributed by atoms with Gasteiger partial charge in [-0.1, -0.05) is 62.3 Å². The van der Waals surface area contributed by atoms with Gasteiger partial charge in [0.1, 0.15) is 0 Å². The number of carbonyl (C=O) groups is 1. The highest BCUT2D eigenvalue weighted by Crippen LogP contribution is 2.37. The van der Waals surface area contributed by atoms with E-state index in [1.165, 1.54) is 6.92 Å². The minimum Gasteiger partial charge on any atom is -0.495 e. The second-order valence-corrected chi connectivity index (χ2v) is 24.8. The van der Waals surface area contributed by atoms with Crippen molar-refractivity contribution in [2.45, 2.75) is 124 Å². The lowest BCUT2D eigenvalue weighted by atomic mass is 10.9. The van der Waals surface area contributed by atoms with Crippen molar-refractivity contribution >= 4 is 40.0 Å². The second-order valence-electron chi connectivity index (χ2n) is 8.00. The van der Waals surface area contributed by atoms with E-state index in [2.05, 4.69) is 62.3 Å². The third-order valence-corrected chi connectivity index (χ3v) is 26.8. The summed E-state index contributed by atoms with van der Waals surface area (Å²) in [6.07, 6.45) is 0. The van der Waals surface area contributed by atoms with Crippen LogP contribution in [0.25, 0.3) is 0 Å². The third-order valence-electron chi connectivity index (χ3n) is 6.64. The molecule has 0 aliphatic heterocycles.